The largest absolute Gasteiger partial charge is 0.496 e. The second-order valence-electron chi connectivity index (χ2n) is 3.53. The number of ketones is 1. The smallest absolute Gasteiger partial charge is 0.231 e. The number of rotatable bonds is 3. The van der Waals surface area contributed by atoms with Crippen LogP contribution in [-0.2, 0) is 0 Å². The van der Waals surface area contributed by atoms with E-state index < -0.39 is 6.04 Å². The topological polar surface area (TPSA) is 70.8 Å². The van der Waals surface area contributed by atoms with Crippen molar-refractivity contribution in [2.75, 3.05) is 13.9 Å². The molecule has 0 aromatic heterocycles. The molecule has 5 nitrogen and oxygen atoms in total. The van der Waals surface area contributed by atoms with Crippen LogP contribution in [0.5, 0.6) is 17.2 Å². The summed E-state index contributed by atoms with van der Waals surface area (Å²) >= 11 is 0. The fraction of sp³-hybridized carbons (Fsp3) is 0.364. The first-order chi connectivity index (χ1) is 7.65. The molecule has 1 aromatic rings. The zero-order valence-electron chi connectivity index (χ0n) is 9.15. The molecular formula is C11H13NO4. The fourth-order valence-corrected chi connectivity index (χ4v) is 1.59. The molecule has 16 heavy (non-hydrogen) atoms. The third kappa shape index (κ3) is 1.59. The van der Waals surface area contributed by atoms with E-state index in [4.69, 9.17) is 19.9 Å². The molecule has 1 unspecified atom stereocenters. The highest BCUT2D eigenvalue weighted by Gasteiger charge is 2.27. The van der Waals surface area contributed by atoms with Crippen molar-refractivity contribution in [2.45, 2.75) is 13.0 Å². The summed E-state index contributed by atoms with van der Waals surface area (Å²) in [6, 6.07) is 2.77. The Bertz CT molecular complexity index is 428. The summed E-state index contributed by atoms with van der Waals surface area (Å²) in [5.74, 6) is 1.19. The highest BCUT2D eigenvalue weighted by molar-refractivity contribution is 6.05. The van der Waals surface area contributed by atoms with E-state index in [-0.39, 0.29) is 12.6 Å². The molecule has 0 radical (unpaired) electrons. The first kappa shape index (κ1) is 10.8. The zero-order valence-corrected chi connectivity index (χ0v) is 9.15. The van der Waals surface area contributed by atoms with Crippen molar-refractivity contribution in [1.29, 1.82) is 0 Å². The Labute approximate surface area is 93.1 Å². The van der Waals surface area contributed by atoms with Gasteiger partial charge in [0.1, 0.15) is 11.3 Å². The van der Waals surface area contributed by atoms with Gasteiger partial charge in [-0.05, 0) is 19.1 Å². The lowest BCUT2D eigenvalue weighted by Crippen LogP contribution is -2.27. The molecule has 1 aliphatic rings. The van der Waals surface area contributed by atoms with Crippen molar-refractivity contribution in [2.24, 2.45) is 5.73 Å². The number of benzene rings is 1. The van der Waals surface area contributed by atoms with Crippen molar-refractivity contribution < 1.29 is 19.0 Å². The maximum atomic E-state index is 11.9. The summed E-state index contributed by atoms with van der Waals surface area (Å²) in [6.45, 7) is 1.73. The van der Waals surface area contributed by atoms with Gasteiger partial charge in [-0.3, -0.25) is 4.79 Å². The van der Waals surface area contributed by atoms with Crippen LogP contribution in [0.25, 0.3) is 0 Å². The number of fused-ring (bicyclic) bond motifs is 1. The lowest BCUT2D eigenvalue weighted by atomic mass is 10.0. The fourth-order valence-electron chi connectivity index (χ4n) is 1.59. The van der Waals surface area contributed by atoms with E-state index in [2.05, 4.69) is 0 Å². The molecule has 0 bridgehead atoms. The van der Waals surface area contributed by atoms with Gasteiger partial charge in [0.25, 0.3) is 0 Å². The molecule has 1 atom stereocenters. The van der Waals surface area contributed by atoms with Crippen molar-refractivity contribution in [1.82, 2.24) is 0 Å². The summed E-state index contributed by atoms with van der Waals surface area (Å²) in [5.41, 5.74) is 5.94. The molecule has 5 heteroatoms. The van der Waals surface area contributed by atoms with Gasteiger partial charge >= 0.3 is 0 Å². The molecule has 0 aliphatic carbocycles. The van der Waals surface area contributed by atoms with Gasteiger partial charge in [-0.2, -0.15) is 0 Å². The number of Topliss-reactive ketones (excluding diaryl/α,β-unsaturated/α-hetero) is 1. The van der Waals surface area contributed by atoms with E-state index >= 15 is 0 Å². The molecule has 0 saturated heterocycles. The number of carbonyl (C=O) groups is 1. The predicted octanol–water partition coefficient (Wildman–Crippen LogP) is 0.954. The summed E-state index contributed by atoms with van der Waals surface area (Å²) in [6.07, 6.45) is 0. The average Bonchev–Trinajstić information content (AvgIpc) is 2.74. The molecular weight excluding hydrogens is 210 g/mol. The second kappa shape index (κ2) is 4.02. The molecule has 0 amide bonds. The van der Waals surface area contributed by atoms with Gasteiger partial charge in [-0.25, -0.2) is 0 Å². The summed E-state index contributed by atoms with van der Waals surface area (Å²) < 4.78 is 15.6. The number of hydrogen-bond donors (Lipinski definition) is 1. The Hall–Kier alpha value is -1.75. The van der Waals surface area contributed by atoms with Gasteiger partial charge in [-0.1, -0.05) is 0 Å². The van der Waals surface area contributed by atoms with Crippen molar-refractivity contribution in [3.8, 4) is 17.2 Å². The van der Waals surface area contributed by atoms with Gasteiger partial charge in [0.15, 0.2) is 17.3 Å². The quantitative estimate of drug-likeness (QED) is 0.772. The minimum Gasteiger partial charge on any atom is -0.496 e. The molecule has 0 fully saturated rings. The van der Waals surface area contributed by atoms with Crippen LogP contribution in [0, 0.1) is 0 Å². The summed E-state index contributed by atoms with van der Waals surface area (Å²) in [7, 11) is 1.50. The van der Waals surface area contributed by atoms with Crippen LogP contribution in [0.4, 0.5) is 0 Å². The summed E-state index contributed by atoms with van der Waals surface area (Å²) in [5, 5.41) is 0. The van der Waals surface area contributed by atoms with Crippen LogP contribution < -0.4 is 19.9 Å². The van der Waals surface area contributed by atoms with Crippen LogP contribution in [0.2, 0.25) is 0 Å². The Kier molecular flexibility index (Phi) is 2.70. The van der Waals surface area contributed by atoms with Crippen LogP contribution in [0.3, 0.4) is 0 Å². The normalized spacial score (nSPS) is 14.7. The van der Waals surface area contributed by atoms with E-state index in [1.807, 2.05) is 0 Å². The van der Waals surface area contributed by atoms with Crippen molar-refractivity contribution >= 4 is 5.78 Å². The zero-order chi connectivity index (χ0) is 11.7. The van der Waals surface area contributed by atoms with E-state index in [0.717, 1.165) is 0 Å². The number of methoxy groups -OCH3 is 1. The molecule has 86 valence electrons. The third-order valence-electron chi connectivity index (χ3n) is 2.38. The lowest BCUT2D eigenvalue weighted by Gasteiger charge is -2.11. The maximum absolute atomic E-state index is 11.9. The van der Waals surface area contributed by atoms with E-state index in [1.54, 1.807) is 19.1 Å². The number of carbonyl (C=O) groups excluding carboxylic acids is 1. The molecule has 1 aromatic carbocycles. The second-order valence-corrected chi connectivity index (χ2v) is 3.53. The molecule has 1 aliphatic heterocycles. The average molecular weight is 223 g/mol. The first-order valence-corrected chi connectivity index (χ1v) is 4.91. The highest BCUT2D eigenvalue weighted by Crippen LogP contribution is 2.41. The van der Waals surface area contributed by atoms with Crippen LogP contribution >= 0.6 is 0 Å². The summed E-state index contributed by atoms with van der Waals surface area (Å²) in [4.78, 5) is 11.9. The van der Waals surface area contributed by atoms with Crippen LogP contribution in [-0.4, -0.2) is 25.7 Å². The van der Waals surface area contributed by atoms with E-state index in [0.29, 0.717) is 22.8 Å². The lowest BCUT2D eigenvalue weighted by molar-refractivity contribution is 0.0960. The Morgan fingerprint density at radius 3 is 2.88 bits per heavy atom. The van der Waals surface area contributed by atoms with Gasteiger partial charge in [0.05, 0.1) is 13.2 Å². The minimum absolute atomic E-state index is 0.113. The molecule has 2 rings (SSSR count). The Morgan fingerprint density at radius 1 is 1.50 bits per heavy atom. The van der Waals surface area contributed by atoms with Gasteiger partial charge in [0, 0.05) is 0 Å². The maximum Gasteiger partial charge on any atom is 0.231 e. The van der Waals surface area contributed by atoms with E-state index in [9.17, 15) is 4.79 Å². The SMILES string of the molecule is COc1ccc2c(c1C(=O)C(C)N)OCO2. The molecule has 2 N–H and O–H groups in total. The standard InChI is InChI=1S/C11H13NO4/c1-6(12)10(13)9-7(14-2)3-4-8-11(9)16-5-15-8/h3-4,6H,5,12H2,1-2H3. The minimum atomic E-state index is -0.607. The monoisotopic (exact) mass is 223 g/mol. The van der Waals surface area contributed by atoms with Gasteiger partial charge in [-0.15, -0.1) is 0 Å². The van der Waals surface area contributed by atoms with Gasteiger partial charge in [0.2, 0.25) is 6.79 Å². The third-order valence-corrected chi connectivity index (χ3v) is 2.38. The van der Waals surface area contributed by atoms with Crippen LogP contribution in [0.1, 0.15) is 17.3 Å². The van der Waals surface area contributed by atoms with E-state index in [1.165, 1.54) is 7.11 Å². The number of nitrogens with two attached hydrogens (primary N) is 1. The Balaban J connectivity index is 2.56. The predicted molar refractivity (Wildman–Crippen MR) is 57.1 cm³/mol. The molecule has 0 spiro atoms. The number of hydrogen-bond acceptors (Lipinski definition) is 5. The van der Waals surface area contributed by atoms with Crippen LogP contribution in [0.15, 0.2) is 12.1 Å². The van der Waals surface area contributed by atoms with Crippen molar-refractivity contribution in [3.63, 3.8) is 0 Å². The number of ether oxygens (including phenoxy) is 3. The van der Waals surface area contributed by atoms with Crippen molar-refractivity contribution in [3.05, 3.63) is 17.7 Å². The first-order valence-electron chi connectivity index (χ1n) is 4.91. The highest BCUT2D eigenvalue weighted by atomic mass is 16.7. The molecule has 0 saturated carbocycles. The Morgan fingerprint density at radius 2 is 2.25 bits per heavy atom. The molecule has 1 heterocycles. The van der Waals surface area contributed by atoms with Gasteiger partial charge < -0.3 is 19.9 Å².